The molecule has 0 aliphatic carbocycles. The number of carboxylic acids is 1. The lowest BCUT2D eigenvalue weighted by Gasteiger charge is -2.23. The number of carbonyl (C=O) groups excluding carboxylic acids is 1. The number of benzene rings is 1. The molecular formula is C12H10N4O6S. The topological polar surface area (TPSA) is 145 Å². The summed E-state index contributed by atoms with van der Waals surface area (Å²) in [6.45, 7) is 0.0540. The first-order valence-corrected chi connectivity index (χ1v) is 7.20. The number of amides is 1. The zero-order chi connectivity index (χ0) is 16.6. The maximum absolute atomic E-state index is 12.4. The van der Waals surface area contributed by atoms with Crippen LogP contribution in [-0.2, 0) is 9.53 Å². The molecule has 1 fully saturated rings. The Hall–Kier alpha value is -2.66. The minimum atomic E-state index is -1.53. The summed E-state index contributed by atoms with van der Waals surface area (Å²) < 4.78 is 12.8. The summed E-state index contributed by atoms with van der Waals surface area (Å²) in [5.41, 5.74) is -1.63. The molecule has 2 N–H and O–H groups in total. The minimum Gasteiger partial charge on any atom is -0.479 e. The monoisotopic (exact) mass is 338 g/mol. The van der Waals surface area contributed by atoms with Crippen molar-refractivity contribution >= 4 is 40.3 Å². The van der Waals surface area contributed by atoms with Crippen LogP contribution in [0.4, 0.5) is 5.69 Å². The van der Waals surface area contributed by atoms with Crippen LogP contribution in [0.2, 0.25) is 0 Å². The van der Waals surface area contributed by atoms with Gasteiger partial charge in [-0.25, -0.2) is 4.79 Å². The molecule has 1 aliphatic heterocycles. The number of carbonyl (C=O) groups is 2. The third-order valence-electron chi connectivity index (χ3n) is 3.58. The molecule has 23 heavy (non-hydrogen) atoms. The van der Waals surface area contributed by atoms with E-state index in [0.717, 1.165) is 17.8 Å². The minimum absolute atomic E-state index is 0.0515. The van der Waals surface area contributed by atoms with Crippen LogP contribution in [0, 0.1) is 10.1 Å². The van der Waals surface area contributed by atoms with Gasteiger partial charge in [0, 0.05) is 24.7 Å². The molecule has 1 amide bonds. The highest BCUT2D eigenvalue weighted by Crippen LogP contribution is 2.27. The van der Waals surface area contributed by atoms with E-state index in [1.165, 1.54) is 6.07 Å². The van der Waals surface area contributed by atoms with E-state index in [4.69, 9.17) is 4.74 Å². The SMILES string of the molecule is O=C(NC1(C(=O)O)CCOC1)c1cc([N+](=O)[O-])c2nsnc2c1. The van der Waals surface area contributed by atoms with E-state index in [9.17, 15) is 24.8 Å². The summed E-state index contributed by atoms with van der Waals surface area (Å²) in [5.74, 6) is -1.95. The quantitative estimate of drug-likeness (QED) is 0.608. The van der Waals surface area contributed by atoms with Gasteiger partial charge in [-0.2, -0.15) is 8.75 Å². The number of rotatable bonds is 4. The van der Waals surface area contributed by atoms with Gasteiger partial charge in [0.05, 0.1) is 23.3 Å². The zero-order valence-corrected chi connectivity index (χ0v) is 12.3. The van der Waals surface area contributed by atoms with Crippen LogP contribution in [0.5, 0.6) is 0 Å². The number of nitrogens with one attached hydrogen (secondary N) is 1. The summed E-state index contributed by atoms with van der Waals surface area (Å²) in [7, 11) is 0. The standard InChI is InChI=1S/C12H10N4O6S/c17-10(13-12(11(18)19)1-2-22-5-12)6-3-7-9(15-23-14-7)8(4-6)16(20)21/h3-4H,1-2,5H2,(H,13,17)(H,18,19). The van der Waals surface area contributed by atoms with Crippen LogP contribution < -0.4 is 5.32 Å². The van der Waals surface area contributed by atoms with E-state index < -0.39 is 22.3 Å². The van der Waals surface area contributed by atoms with Gasteiger partial charge in [-0.1, -0.05) is 0 Å². The summed E-state index contributed by atoms with van der Waals surface area (Å²) in [6, 6.07) is 2.40. The van der Waals surface area contributed by atoms with Crippen molar-refractivity contribution in [3.8, 4) is 0 Å². The number of fused-ring (bicyclic) bond motifs is 1. The predicted molar refractivity (Wildman–Crippen MR) is 77.3 cm³/mol. The van der Waals surface area contributed by atoms with Crippen molar-refractivity contribution in [1.82, 2.24) is 14.1 Å². The lowest BCUT2D eigenvalue weighted by Crippen LogP contribution is -2.55. The molecule has 1 saturated heterocycles. The summed E-state index contributed by atoms with van der Waals surface area (Å²) in [5, 5.41) is 22.8. The second-order valence-electron chi connectivity index (χ2n) is 5.03. The third kappa shape index (κ3) is 2.59. The Kier molecular flexibility index (Phi) is 3.66. The number of nitro groups is 1. The number of carboxylic acid groups (broad SMARTS) is 1. The van der Waals surface area contributed by atoms with Crippen molar-refractivity contribution in [3.63, 3.8) is 0 Å². The average Bonchev–Trinajstić information content (AvgIpc) is 3.14. The number of aromatic nitrogens is 2. The Morgan fingerprint density at radius 1 is 1.43 bits per heavy atom. The first kappa shape index (κ1) is 15.2. The number of ether oxygens (including phenoxy) is 1. The molecule has 2 aromatic rings. The molecule has 3 rings (SSSR count). The smallest absolute Gasteiger partial charge is 0.331 e. The maximum Gasteiger partial charge on any atom is 0.331 e. The lowest BCUT2D eigenvalue weighted by molar-refractivity contribution is -0.383. The first-order chi connectivity index (χ1) is 10.9. The van der Waals surface area contributed by atoms with Crippen molar-refractivity contribution in [2.45, 2.75) is 12.0 Å². The molecule has 11 heteroatoms. The third-order valence-corrected chi connectivity index (χ3v) is 4.13. The van der Waals surface area contributed by atoms with E-state index in [0.29, 0.717) is 0 Å². The number of hydrogen-bond donors (Lipinski definition) is 2. The summed E-state index contributed by atoms with van der Waals surface area (Å²) in [4.78, 5) is 34.2. The Morgan fingerprint density at radius 3 is 2.83 bits per heavy atom. The van der Waals surface area contributed by atoms with Crippen LogP contribution in [0.15, 0.2) is 12.1 Å². The molecule has 1 unspecified atom stereocenters. The van der Waals surface area contributed by atoms with Gasteiger partial charge < -0.3 is 15.2 Å². The van der Waals surface area contributed by atoms with E-state index in [-0.39, 0.29) is 41.9 Å². The van der Waals surface area contributed by atoms with Gasteiger partial charge in [-0.05, 0) is 6.07 Å². The molecule has 0 saturated carbocycles. The molecule has 1 aromatic carbocycles. The van der Waals surface area contributed by atoms with Gasteiger partial charge in [-0.15, -0.1) is 0 Å². The normalized spacial score (nSPS) is 20.5. The van der Waals surface area contributed by atoms with E-state index >= 15 is 0 Å². The number of aliphatic carboxylic acids is 1. The predicted octanol–water partition coefficient (Wildman–Crippen LogP) is 0.573. The molecule has 1 atom stereocenters. The molecule has 10 nitrogen and oxygen atoms in total. The van der Waals surface area contributed by atoms with Gasteiger partial charge in [-0.3, -0.25) is 14.9 Å². The summed E-state index contributed by atoms with van der Waals surface area (Å²) in [6.07, 6.45) is 0.122. The number of nitro benzene ring substituents is 1. The van der Waals surface area contributed by atoms with Gasteiger partial charge in [0.25, 0.3) is 11.6 Å². The molecule has 0 spiro atoms. The number of non-ortho nitro benzene ring substituents is 1. The number of nitrogens with zero attached hydrogens (tertiary/aromatic N) is 3. The fourth-order valence-electron chi connectivity index (χ4n) is 2.32. The van der Waals surface area contributed by atoms with Gasteiger partial charge in [0.2, 0.25) is 0 Å². The van der Waals surface area contributed by atoms with Crippen molar-refractivity contribution in [2.75, 3.05) is 13.2 Å². The average molecular weight is 338 g/mol. The maximum atomic E-state index is 12.4. The Balaban J connectivity index is 1.98. The molecule has 0 radical (unpaired) electrons. The van der Waals surface area contributed by atoms with Gasteiger partial charge in [0.15, 0.2) is 11.1 Å². The molecule has 2 heterocycles. The Labute approximate surface area is 132 Å². The molecule has 1 aromatic heterocycles. The van der Waals surface area contributed by atoms with E-state index in [1.54, 1.807) is 0 Å². The highest BCUT2D eigenvalue weighted by Gasteiger charge is 2.44. The fraction of sp³-hybridized carbons (Fsp3) is 0.333. The van der Waals surface area contributed by atoms with Gasteiger partial charge >= 0.3 is 5.97 Å². The van der Waals surface area contributed by atoms with E-state index in [2.05, 4.69) is 14.1 Å². The van der Waals surface area contributed by atoms with Crippen LogP contribution in [0.25, 0.3) is 11.0 Å². The number of hydrogen-bond acceptors (Lipinski definition) is 8. The van der Waals surface area contributed by atoms with Crippen LogP contribution in [0.1, 0.15) is 16.8 Å². The summed E-state index contributed by atoms with van der Waals surface area (Å²) >= 11 is 0.792. The largest absolute Gasteiger partial charge is 0.479 e. The van der Waals surface area contributed by atoms with Crippen molar-refractivity contribution in [1.29, 1.82) is 0 Å². The van der Waals surface area contributed by atoms with Crippen molar-refractivity contribution in [3.05, 3.63) is 27.8 Å². The first-order valence-electron chi connectivity index (χ1n) is 6.47. The lowest BCUT2D eigenvalue weighted by atomic mass is 9.98. The highest BCUT2D eigenvalue weighted by atomic mass is 32.1. The molecular weight excluding hydrogens is 328 g/mol. The van der Waals surface area contributed by atoms with Crippen molar-refractivity contribution < 1.29 is 24.4 Å². The Morgan fingerprint density at radius 2 is 2.22 bits per heavy atom. The van der Waals surface area contributed by atoms with Gasteiger partial charge in [0.1, 0.15) is 5.52 Å². The van der Waals surface area contributed by atoms with E-state index in [1.807, 2.05) is 0 Å². The van der Waals surface area contributed by atoms with Crippen LogP contribution in [0.3, 0.4) is 0 Å². The fourth-order valence-corrected chi connectivity index (χ4v) is 2.85. The second kappa shape index (κ2) is 5.52. The molecule has 0 bridgehead atoms. The highest BCUT2D eigenvalue weighted by molar-refractivity contribution is 7.00. The van der Waals surface area contributed by atoms with Crippen LogP contribution in [-0.4, -0.2) is 49.4 Å². The molecule has 1 aliphatic rings. The Bertz CT molecular complexity index is 813. The molecule has 120 valence electrons. The zero-order valence-electron chi connectivity index (χ0n) is 11.5. The van der Waals surface area contributed by atoms with Crippen LogP contribution >= 0.6 is 11.7 Å². The van der Waals surface area contributed by atoms with Crippen molar-refractivity contribution in [2.24, 2.45) is 0 Å². The second-order valence-corrected chi connectivity index (χ2v) is 5.56.